The highest BCUT2D eigenvalue weighted by atomic mass is 32.2. The van der Waals surface area contributed by atoms with Crippen LogP contribution in [0.5, 0.6) is 0 Å². The lowest BCUT2D eigenvalue weighted by Gasteiger charge is -2.23. The lowest BCUT2D eigenvalue weighted by molar-refractivity contribution is -0.148. The second-order valence-electron chi connectivity index (χ2n) is 9.32. The van der Waals surface area contributed by atoms with E-state index in [4.69, 9.17) is 4.74 Å². The van der Waals surface area contributed by atoms with Crippen LogP contribution in [0.1, 0.15) is 95.6 Å². The first-order valence-electron chi connectivity index (χ1n) is 13.4. The van der Waals surface area contributed by atoms with Gasteiger partial charge in [-0.2, -0.15) is 4.72 Å². The highest BCUT2D eigenvalue weighted by Gasteiger charge is 2.34. The summed E-state index contributed by atoms with van der Waals surface area (Å²) in [6, 6.07) is 14.8. The number of ether oxygens (including phenoxy) is 1. The molecular formula is C29H43NO5S. The Balaban J connectivity index is 1.78. The molecule has 0 aliphatic rings. The van der Waals surface area contributed by atoms with Gasteiger partial charge in [-0.1, -0.05) is 126 Å². The summed E-state index contributed by atoms with van der Waals surface area (Å²) in [5.74, 6) is -0.783. The van der Waals surface area contributed by atoms with Crippen molar-refractivity contribution in [3.05, 3.63) is 66.2 Å². The highest BCUT2D eigenvalue weighted by Crippen LogP contribution is 2.20. The number of sulfonamides is 1. The van der Waals surface area contributed by atoms with E-state index in [9.17, 15) is 18.3 Å². The number of aliphatic hydroxyl groups excluding tert-OH is 1. The zero-order chi connectivity index (χ0) is 26.1. The molecule has 0 aliphatic heterocycles. The second-order valence-corrected chi connectivity index (χ2v) is 11.0. The van der Waals surface area contributed by atoms with Gasteiger partial charge in [0.2, 0.25) is 10.0 Å². The molecule has 2 N–H and O–H groups in total. The molecule has 2 aromatic rings. The average Bonchev–Trinajstić information content (AvgIpc) is 2.90. The molecule has 0 amide bonds. The Hall–Kier alpha value is -2.22. The van der Waals surface area contributed by atoms with Gasteiger partial charge in [-0.3, -0.25) is 4.79 Å². The van der Waals surface area contributed by atoms with Gasteiger partial charge in [0.1, 0.15) is 12.1 Å². The zero-order valence-corrected chi connectivity index (χ0v) is 22.4. The van der Waals surface area contributed by atoms with Crippen molar-refractivity contribution >= 4 is 16.0 Å². The summed E-state index contributed by atoms with van der Waals surface area (Å²) in [4.78, 5) is 12.9. The van der Waals surface area contributed by atoms with Crippen LogP contribution in [0.3, 0.4) is 0 Å². The smallest absolute Gasteiger partial charge is 0.327 e. The Kier molecular flexibility index (Phi) is 14.4. The summed E-state index contributed by atoms with van der Waals surface area (Å²) in [7, 11) is -4.03. The Morgan fingerprint density at radius 3 is 1.78 bits per heavy atom. The van der Waals surface area contributed by atoms with Crippen molar-refractivity contribution in [2.24, 2.45) is 0 Å². The van der Waals surface area contributed by atoms with Crippen molar-refractivity contribution in [3.63, 3.8) is 0 Å². The van der Waals surface area contributed by atoms with E-state index in [1.54, 1.807) is 48.5 Å². The number of aliphatic hydroxyl groups is 1. The topological polar surface area (TPSA) is 92.7 Å². The van der Waals surface area contributed by atoms with Gasteiger partial charge in [0.25, 0.3) is 0 Å². The van der Waals surface area contributed by atoms with Crippen LogP contribution in [0.25, 0.3) is 0 Å². The SMILES string of the molecule is CCCCCCCCCCCCCCOC(=O)[C@H](NS(=O)(=O)c1ccccc1)[C@@H](O)c1ccccc1. The summed E-state index contributed by atoms with van der Waals surface area (Å²) in [5.41, 5.74) is 0.431. The Morgan fingerprint density at radius 2 is 1.25 bits per heavy atom. The number of nitrogens with one attached hydrogen (secondary N) is 1. The predicted molar refractivity (Wildman–Crippen MR) is 144 cm³/mol. The van der Waals surface area contributed by atoms with Crippen molar-refractivity contribution < 1.29 is 23.1 Å². The maximum Gasteiger partial charge on any atom is 0.327 e. The number of esters is 1. The zero-order valence-electron chi connectivity index (χ0n) is 21.6. The van der Waals surface area contributed by atoms with E-state index >= 15 is 0 Å². The number of hydrogen-bond acceptors (Lipinski definition) is 5. The Bertz CT molecular complexity index is 950. The van der Waals surface area contributed by atoms with Gasteiger partial charge >= 0.3 is 5.97 Å². The summed E-state index contributed by atoms with van der Waals surface area (Å²) in [5, 5.41) is 10.8. The molecule has 200 valence electrons. The van der Waals surface area contributed by atoms with E-state index in [2.05, 4.69) is 11.6 Å². The molecule has 0 aromatic heterocycles. The van der Waals surface area contributed by atoms with E-state index in [1.165, 1.54) is 69.9 Å². The minimum atomic E-state index is -4.03. The van der Waals surface area contributed by atoms with Crippen LogP contribution < -0.4 is 4.72 Å². The largest absolute Gasteiger partial charge is 0.464 e. The lowest BCUT2D eigenvalue weighted by Crippen LogP contribution is -2.46. The molecule has 0 bridgehead atoms. The number of rotatable bonds is 19. The minimum absolute atomic E-state index is 0.0176. The maximum atomic E-state index is 12.9. The first-order chi connectivity index (χ1) is 17.5. The molecule has 0 heterocycles. The van der Waals surface area contributed by atoms with E-state index < -0.39 is 28.1 Å². The number of hydrogen-bond donors (Lipinski definition) is 2. The highest BCUT2D eigenvalue weighted by molar-refractivity contribution is 7.89. The van der Waals surface area contributed by atoms with Gasteiger partial charge in [-0.15, -0.1) is 0 Å². The molecular weight excluding hydrogens is 474 g/mol. The molecule has 2 aromatic carbocycles. The fraction of sp³-hybridized carbons (Fsp3) is 0.552. The van der Waals surface area contributed by atoms with Gasteiger partial charge < -0.3 is 9.84 Å². The average molecular weight is 518 g/mol. The van der Waals surface area contributed by atoms with Crippen LogP contribution in [-0.2, 0) is 19.6 Å². The van der Waals surface area contributed by atoms with Crippen molar-refractivity contribution in [1.82, 2.24) is 4.72 Å². The molecule has 6 nitrogen and oxygen atoms in total. The maximum absolute atomic E-state index is 12.9. The predicted octanol–water partition coefficient (Wildman–Crippen LogP) is 6.31. The third-order valence-corrected chi connectivity index (χ3v) is 7.75. The first-order valence-corrected chi connectivity index (χ1v) is 14.9. The van der Waals surface area contributed by atoms with Gasteiger partial charge in [-0.05, 0) is 24.1 Å². The summed E-state index contributed by atoms with van der Waals surface area (Å²) in [6.45, 7) is 2.43. The minimum Gasteiger partial charge on any atom is -0.464 e. The summed E-state index contributed by atoms with van der Waals surface area (Å²) >= 11 is 0. The van der Waals surface area contributed by atoms with Crippen LogP contribution >= 0.6 is 0 Å². The first kappa shape index (κ1) is 30.0. The van der Waals surface area contributed by atoms with E-state index in [1.807, 2.05) is 0 Å². The summed E-state index contributed by atoms with van der Waals surface area (Å²) in [6.07, 6.45) is 13.0. The molecule has 0 saturated carbocycles. The molecule has 0 spiro atoms. The molecule has 0 unspecified atom stereocenters. The van der Waals surface area contributed by atoms with Crippen molar-refractivity contribution in [2.45, 2.75) is 101 Å². The monoisotopic (exact) mass is 517 g/mol. The molecule has 0 radical (unpaired) electrons. The van der Waals surface area contributed by atoms with E-state index in [0.717, 1.165) is 12.8 Å². The molecule has 2 rings (SSSR count). The van der Waals surface area contributed by atoms with Gasteiger partial charge in [0, 0.05) is 0 Å². The van der Waals surface area contributed by atoms with Gasteiger partial charge in [0.05, 0.1) is 11.5 Å². The molecule has 0 fully saturated rings. The number of carbonyl (C=O) groups is 1. The van der Waals surface area contributed by atoms with E-state index in [-0.39, 0.29) is 11.5 Å². The van der Waals surface area contributed by atoms with Crippen LogP contribution in [0.2, 0.25) is 0 Å². The van der Waals surface area contributed by atoms with Crippen LogP contribution in [-0.4, -0.2) is 32.1 Å². The van der Waals surface area contributed by atoms with Crippen molar-refractivity contribution in [2.75, 3.05) is 6.61 Å². The Labute approximate surface area is 217 Å². The molecule has 0 aliphatic carbocycles. The van der Waals surface area contributed by atoms with Crippen molar-refractivity contribution in [3.8, 4) is 0 Å². The number of carbonyl (C=O) groups excluding carboxylic acids is 1. The Morgan fingerprint density at radius 1 is 0.778 bits per heavy atom. The molecule has 36 heavy (non-hydrogen) atoms. The van der Waals surface area contributed by atoms with Gasteiger partial charge in [0.15, 0.2) is 0 Å². The lowest BCUT2D eigenvalue weighted by atomic mass is 10.0. The molecule has 0 saturated heterocycles. The fourth-order valence-corrected chi connectivity index (χ4v) is 5.34. The fourth-order valence-electron chi connectivity index (χ4n) is 4.12. The molecule has 2 atom stereocenters. The van der Waals surface area contributed by atoms with Crippen molar-refractivity contribution in [1.29, 1.82) is 0 Å². The standard InChI is InChI=1S/C29H43NO5S/c1-2-3-4-5-6-7-8-9-10-11-12-19-24-35-29(32)27(28(31)25-20-15-13-16-21-25)30-36(33,34)26-22-17-14-18-23-26/h13-18,20-23,27-28,30-31H,2-12,19,24H2,1H3/t27-,28+/m1/s1. The normalized spacial score (nSPS) is 13.3. The quantitative estimate of drug-likeness (QED) is 0.168. The van der Waals surface area contributed by atoms with Crippen LogP contribution in [0.15, 0.2) is 65.6 Å². The van der Waals surface area contributed by atoms with Crippen LogP contribution in [0.4, 0.5) is 0 Å². The summed E-state index contributed by atoms with van der Waals surface area (Å²) < 4.78 is 33.4. The number of unbranched alkanes of at least 4 members (excludes halogenated alkanes) is 11. The third-order valence-electron chi connectivity index (χ3n) is 6.29. The van der Waals surface area contributed by atoms with Crippen LogP contribution in [0, 0.1) is 0 Å². The number of benzene rings is 2. The molecule has 7 heteroatoms. The van der Waals surface area contributed by atoms with E-state index in [0.29, 0.717) is 12.0 Å². The third kappa shape index (κ3) is 11.2. The van der Waals surface area contributed by atoms with Gasteiger partial charge in [-0.25, -0.2) is 8.42 Å². The second kappa shape index (κ2) is 17.3.